The zero-order valence-corrected chi connectivity index (χ0v) is 17.1. The maximum absolute atomic E-state index is 12.6. The first-order valence-electron chi connectivity index (χ1n) is 10.4. The second kappa shape index (κ2) is 9.03. The molecule has 3 aromatic rings. The fourth-order valence-corrected chi connectivity index (χ4v) is 3.69. The topological polar surface area (TPSA) is 69.6 Å². The van der Waals surface area contributed by atoms with Gasteiger partial charge in [-0.2, -0.15) is 0 Å². The van der Waals surface area contributed by atoms with Crippen molar-refractivity contribution >= 4 is 22.6 Å². The van der Waals surface area contributed by atoms with Crippen molar-refractivity contribution in [2.24, 2.45) is 0 Å². The average molecular weight is 406 g/mol. The van der Waals surface area contributed by atoms with E-state index in [1.165, 1.54) is 0 Å². The minimum atomic E-state index is -0.114. The number of hydrogen-bond acceptors (Lipinski definition) is 4. The molecule has 1 amide bonds. The van der Waals surface area contributed by atoms with Crippen LogP contribution in [0.3, 0.4) is 0 Å². The molecule has 0 saturated heterocycles. The Labute approximate surface area is 175 Å². The molecule has 0 radical (unpaired) electrons. The molecule has 1 aliphatic heterocycles. The lowest BCUT2D eigenvalue weighted by Crippen LogP contribution is -2.26. The normalized spacial score (nSPS) is 13.1. The minimum absolute atomic E-state index is 0.111. The minimum Gasteiger partial charge on any atom is -0.490 e. The molecule has 0 aliphatic carbocycles. The lowest BCUT2D eigenvalue weighted by molar-refractivity contribution is -0.121. The molecule has 0 bridgehead atoms. The van der Waals surface area contributed by atoms with E-state index in [2.05, 4.69) is 5.32 Å². The van der Waals surface area contributed by atoms with E-state index in [1.807, 2.05) is 54.0 Å². The second-order valence-electron chi connectivity index (χ2n) is 7.47. The van der Waals surface area contributed by atoms with Crippen molar-refractivity contribution in [2.45, 2.75) is 39.3 Å². The fourth-order valence-electron chi connectivity index (χ4n) is 3.69. The molecule has 2 aromatic carbocycles. The van der Waals surface area contributed by atoms with Gasteiger partial charge in [-0.05, 0) is 30.2 Å². The average Bonchev–Trinajstić information content (AvgIpc) is 2.95. The van der Waals surface area contributed by atoms with Gasteiger partial charge in [0.05, 0.1) is 13.2 Å². The Morgan fingerprint density at radius 2 is 1.87 bits per heavy atom. The number of nitrogens with one attached hydrogen (secondary N) is 1. The van der Waals surface area contributed by atoms with E-state index >= 15 is 0 Å². The molecule has 0 unspecified atom stereocenters. The number of ether oxygens (including phenoxy) is 2. The number of Topliss-reactive ketones (excluding diaryl/α,β-unsaturated/α-hetero) is 1. The molecular weight excluding hydrogens is 380 g/mol. The molecule has 0 fully saturated rings. The van der Waals surface area contributed by atoms with Crippen LogP contribution in [0.4, 0.5) is 0 Å². The van der Waals surface area contributed by atoms with Crippen molar-refractivity contribution in [1.82, 2.24) is 9.88 Å². The number of rotatable bonds is 7. The van der Waals surface area contributed by atoms with Gasteiger partial charge < -0.3 is 19.4 Å². The van der Waals surface area contributed by atoms with Crippen molar-refractivity contribution in [1.29, 1.82) is 0 Å². The molecule has 0 atom stereocenters. The van der Waals surface area contributed by atoms with Crippen molar-refractivity contribution < 1.29 is 19.1 Å². The smallest absolute Gasteiger partial charge is 0.240 e. The SMILES string of the molecule is CCCC(=O)c1cn(CC(=O)NCc2ccc3c(c2)OCCCO3)c2ccccc12. The number of carbonyl (C=O) groups excluding carboxylic acids is 2. The van der Waals surface area contributed by atoms with Crippen molar-refractivity contribution in [3.63, 3.8) is 0 Å². The molecule has 1 N–H and O–H groups in total. The highest BCUT2D eigenvalue weighted by atomic mass is 16.5. The zero-order valence-electron chi connectivity index (χ0n) is 17.1. The Kier molecular flexibility index (Phi) is 6.02. The maximum atomic E-state index is 12.6. The zero-order chi connectivity index (χ0) is 20.9. The Balaban J connectivity index is 1.45. The summed E-state index contributed by atoms with van der Waals surface area (Å²) in [7, 11) is 0. The summed E-state index contributed by atoms with van der Waals surface area (Å²) < 4.78 is 13.2. The van der Waals surface area contributed by atoms with Gasteiger partial charge in [0.25, 0.3) is 0 Å². The van der Waals surface area contributed by atoms with Gasteiger partial charge in [0.2, 0.25) is 5.91 Å². The van der Waals surface area contributed by atoms with E-state index in [9.17, 15) is 9.59 Å². The summed E-state index contributed by atoms with van der Waals surface area (Å²) in [5.74, 6) is 1.46. The van der Waals surface area contributed by atoms with Crippen LogP contribution in [-0.2, 0) is 17.9 Å². The number of para-hydroxylation sites is 1. The van der Waals surface area contributed by atoms with Crippen LogP contribution in [0, 0.1) is 0 Å². The van der Waals surface area contributed by atoms with Crippen LogP contribution in [0.2, 0.25) is 0 Å². The summed E-state index contributed by atoms with van der Waals surface area (Å²) in [6.45, 7) is 3.82. The first-order chi connectivity index (χ1) is 14.7. The van der Waals surface area contributed by atoms with Gasteiger partial charge in [-0.15, -0.1) is 0 Å². The molecule has 0 spiro atoms. The first kappa shape index (κ1) is 20.0. The van der Waals surface area contributed by atoms with Crippen molar-refractivity contribution in [3.05, 3.63) is 59.8 Å². The first-order valence-corrected chi connectivity index (χ1v) is 10.4. The molecule has 6 nitrogen and oxygen atoms in total. The molecular formula is C24H26N2O4. The number of ketones is 1. The number of fused-ring (bicyclic) bond motifs is 2. The molecule has 4 rings (SSSR count). The van der Waals surface area contributed by atoms with Crippen LogP contribution in [0.15, 0.2) is 48.7 Å². The predicted molar refractivity (Wildman–Crippen MR) is 115 cm³/mol. The van der Waals surface area contributed by atoms with E-state index in [1.54, 1.807) is 6.20 Å². The van der Waals surface area contributed by atoms with Crippen LogP contribution in [0.5, 0.6) is 11.5 Å². The Bertz CT molecular complexity index is 1070. The summed E-state index contributed by atoms with van der Waals surface area (Å²) in [5.41, 5.74) is 2.52. The van der Waals surface area contributed by atoms with Gasteiger partial charge in [-0.25, -0.2) is 0 Å². The van der Waals surface area contributed by atoms with E-state index < -0.39 is 0 Å². The van der Waals surface area contributed by atoms with Gasteiger partial charge in [0.15, 0.2) is 17.3 Å². The lowest BCUT2D eigenvalue weighted by Gasteiger charge is -2.11. The van der Waals surface area contributed by atoms with Crippen LogP contribution >= 0.6 is 0 Å². The van der Waals surface area contributed by atoms with E-state index in [-0.39, 0.29) is 18.2 Å². The van der Waals surface area contributed by atoms with Crippen LogP contribution in [0.1, 0.15) is 42.1 Å². The maximum Gasteiger partial charge on any atom is 0.240 e. The molecule has 6 heteroatoms. The monoisotopic (exact) mass is 406 g/mol. The third-order valence-electron chi connectivity index (χ3n) is 5.18. The number of amides is 1. The number of aromatic nitrogens is 1. The van der Waals surface area contributed by atoms with Crippen molar-refractivity contribution in [2.75, 3.05) is 13.2 Å². The molecule has 0 saturated carbocycles. The molecule has 2 heterocycles. The van der Waals surface area contributed by atoms with E-state index in [0.29, 0.717) is 31.7 Å². The lowest BCUT2D eigenvalue weighted by atomic mass is 10.1. The Morgan fingerprint density at radius 1 is 1.07 bits per heavy atom. The summed E-state index contributed by atoms with van der Waals surface area (Å²) in [5, 5.41) is 3.85. The largest absolute Gasteiger partial charge is 0.490 e. The van der Waals surface area contributed by atoms with E-state index in [0.717, 1.165) is 40.8 Å². The van der Waals surface area contributed by atoms with Gasteiger partial charge in [0, 0.05) is 42.0 Å². The van der Waals surface area contributed by atoms with Crippen LogP contribution in [-0.4, -0.2) is 29.5 Å². The standard InChI is InChI=1S/C24H26N2O4/c1-2-6-21(27)19-15-26(20-8-4-3-7-18(19)20)16-24(28)25-14-17-9-10-22-23(13-17)30-12-5-11-29-22/h3-4,7-10,13,15H,2,5-6,11-12,14,16H2,1H3,(H,25,28). The van der Waals surface area contributed by atoms with Gasteiger partial charge in [-0.1, -0.05) is 31.2 Å². The Morgan fingerprint density at radius 3 is 2.70 bits per heavy atom. The number of nitrogens with zero attached hydrogens (tertiary/aromatic N) is 1. The predicted octanol–water partition coefficient (Wildman–Crippen LogP) is 4.10. The number of hydrogen-bond donors (Lipinski definition) is 1. The van der Waals surface area contributed by atoms with Crippen LogP contribution in [0.25, 0.3) is 10.9 Å². The third kappa shape index (κ3) is 4.32. The second-order valence-corrected chi connectivity index (χ2v) is 7.47. The van der Waals surface area contributed by atoms with Gasteiger partial charge >= 0.3 is 0 Å². The molecule has 30 heavy (non-hydrogen) atoms. The summed E-state index contributed by atoms with van der Waals surface area (Å²) >= 11 is 0. The van der Waals surface area contributed by atoms with Crippen LogP contribution < -0.4 is 14.8 Å². The third-order valence-corrected chi connectivity index (χ3v) is 5.18. The summed E-state index contributed by atoms with van der Waals surface area (Å²) in [4.78, 5) is 25.1. The number of carbonyl (C=O) groups is 2. The molecule has 1 aromatic heterocycles. The molecule has 1 aliphatic rings. The quantitative estimate of drug-likeness (QED) is 0.600. The van der Waals surface area contributed by atoms with E-state index in [4.69, 9.17) is 9.47 Å². The summed E-state index contributed by atoms with van der Waals surface area (Å²) in [6.07, 6.45) is 3.96. The van der Waals surface area contributed by atoms with Gasteiger partial charge in [-0.3, -0.25) is 9.59 Å². The highest BCUT2D eigenvalue weighted by Crippen LogP contribution is 2.30. The summed E-state index contributed by atoms with van der Waals surface area (Å²) in [6, 6.07) is 13.4. The fraction of sp³-hybridized carbons (Fsp3) is 0.333. The van der Waals surface area contributed by atoms with Gasteiger partial charge in [0.1, 0.15) is 6.54 Å². The highest BCUT2D eigenvalue weighted by molar-refractivity contribution is 6.08. The number of benzene rings is 2. The Hall–Kier alpha value is -3.28. The highest BCUT2D eigenvalue weighted by Gasteiger charge is 2.16. The van der Waals surface area contributed by atoms with Crippen molar-refractivity contribution in [3.8, 4) is 11.5 Å². The molecule has 156 valence electrons.